The molecule has 4 heteroatoms. The van der Waals surface area contributed by atoms with E-state index < -0.39 is 0 Å². The number of carbonyl (C=O) groups is 1. The van der Waals surface area contributed by atoms with Gasteiger partial charge in [0.1, 0.15) is 0 Å². The molecule has 1 unspecified atom stereocenters. The second kappa shape index (κ2) is 3.78. The molecule has 0 aromatic heterocycles. The Labute approximate surface area is 66.8 Å². The van der Waals surface area contributed by atoms with Gasteiger partial charge in [-0.3, -0.25) is 4.79 Å². The van der Waals surface area contributed by atoms with E-state index in [-0.39, 0.29) is 24.4 Å². The number of hydrogen-bond acceptors (Lipinski definition) is 2. The third-order valence-electron chi connectivity index (χ3n) is 1.34. The van der Waals surface area contributed by atoms with Crippen LogP contribution in [0.4, 0.5) is 0 Å². The lowest BCUT2D eigenvalue weighted by Crippen LogP contribution is -2.39. The fraction of sp³-hybridized carbons (Fsp3) is 0.833. The summed E-state index contributed by atoms with van der Waals surface area (Å²) in [6.07, 6.45) is 2.25. The van der Waals surface area contributed by atoms with Gasteiger partial charge in [-0.05, 0) is 19.8 Å². The van der Waals surface area contributed by atoms with Gasteiger partial charge in [-0.25, -0.2) is 0 Å². The maximum absolute atomic E-state index is 10.8. The van der Waals surface area contributed by atoms with Crippen molar-refractivity contribution in [3.8, 4) is 0 Å². The second-order valence-electron chi connectivity index (χ2n) is 2.57. The zero-order valence-corrected chi connectivity index (χ0v) is 6.78. The summed E-state index contributed by atoms with van der Waals surface area (Å²) in [5.74, 6) is -0.0301. The van der Waals surface area contributed by atoms with Crippen molar-refractivity contribution in [3.05, 3.63) is 0 Å². The van der Waals surface area contributed by atoms with Crippen molar-refractivity contribution in [1.29, 1.82) is 0 Å². The molecule has 0 spiro atoms. The zero-order chi connectivity index (χ0) is 6.85. The Kier molecular flexibility index (Phi) is 3.68. The Morgan fingerprint density at radius 1 is 1.70 bits per heavy atom. The van der Waals surface area contributed by atoms with Crippen molar-refractivity contribution in [2.24, 2.45) is 5.73 Å². The van der Waals surface area contributed by atoms with Gasteiger partial charge >= 0.3 is 0 Å². The largest absolute Gasteiger partial charge is 0.352 e. The van der Waals surface area contributed by atoms with Crippen molar-refractivity contribution in [3.63, 3.8) is 0 Å². The summed E-state index contributed by atoms with van der Waals surface area (Å²) in [5, 5.41) is 2.79. The van der Waals surface area contributed by atoms with Gasteiger partial charge in [-0.15, -0.1) is 12.4 Å². The van der Waals surface area contributed by atoms with Crippen LogP contribution in [-0.4, -0.2) is 18.0 Å². The first-order valence-electron chi connectivity index (χ1n) is 3.26. The van der Waals surface area contributed by atoms with Gasteiger partial charge in [0.2, 0.25) is 5.91 Å². The molecule has 60 valence electrons. The Morgan fingerprint density at radius 2 is 2.20 bits per heavy atom. The maximum Gasteiger partial charge on any atom is 0.236 e. The van der Waals surface area contributed by atoms with E-state index in [1.54, 1.807) is 6.92 Å². The molecule has 3 N–H and O–H groups in total. The summed E-state index contributed by atoms with van der Waals surface area (Å²) in [4.78, 5) is 10.8. The lowest BCUT2D eigenvalue weighted by atomic mass is 10.3. The first-order valence-corrected chi connectivity index (χ1v) is 3.26. The van der Waals surface area contributed by atoms with E-state index in [0.717, 1.165) is 12.8 Å². The normalized spacial score (nSPS) is 19.0. The van der Waals surface area contributed by atoms with Crippen molar-refractivity contribution < 1.29 is 4.79 Å². The molecule has 0 heterocycles. The Bertz CT molecular complexity index is 123. The van der Waals surface area contributed by atoms with Crippen molar-refractivity contribution in [1.82, 2.24) is 5.32 Å². The second-order valence-corrected chi connectivity index (χ2v) is 2.57. The molecule has 10 heavy (non-hydrogen) atoms. The molecule has 0 aromatic rings. The van der Waals surface area contributed by atoms with E-state index in [1.807, 2.05) is 0 Å². The smallest absolute Gasteiger partial charge is 0.236 e. The molecule has 1 rings (SSSR count). The SMILES string of the molecule is CC(N)C(=O)NC1CC1.Cl. The van der Waals surface area contributed by atoms with Gasteiger partial charge in [0.25, 0.3) is 0 Å². The van der Waals surface area contributed by atoms with Crippen LogP contribution in [0.15, 0.2) is 0 Å². The van der Waals surface area contributed by atoms with Gasteiger partial charge in [0, 0.05) is 6.04 Å². The summed E-state index contributed by atoms with van der Waals surface area (Å²) in [7, 11) is 0. The van der Waals surface area contributed by atoms with Crippen LogP contribution in [0.25, 0.3) is 0 Å². The van der Waals surface area contributed by atoms with E-state index in [0.29, 0.717) is 6.04 Å². The molecule has 1 fully saturated rings. The number of halogens is 1. The van der Waals surface area contributed by atoms with E-state index >= 15 is 0 Å². The van der Waals surface area contributed by atoms with Crippen LogP contribution >= 0.6 is 12.4 Å². The Balaban J connectivity index is 0.000000810. The fourth-order valence-corrected chi connectivity index (χ4v) is 0.560. The number of nitrogens with two attached hydrogens (primary N) is 1. The third kappa shape index (κ3) is 3.03. The van der Waals surface area contributed by atoms with Crippen LogP contribution in [0.1, 0.15) is 19.8 Å². The minimum atomic E-state index is -0.356. The molecule has 0 bridgehead atoms. The van der Waals surface area contributed by atoms with Crippen molar-refractivity contribution in [2.75, 3.05) is 0 Å². The van der Waals surface area contributed by atoms with E-state index in [2.05, 4.69) is 5.32 Å². The van der Waals surface area contributed by atoms with Crippen LogP contribution in [0.2, 0.25) is 0 Å². The Hall–Kier alpha value is -0.280. The molecule has 0 radical (unpaired) electrons. The van der Waals surface area contributed by atoms with Crippen LogP contribution < -0.4 is 11.1 Å². The standard InChI is InChI=1S/C6H12N2O.ClH/c1-4(7)6(9)8-5-2-3-5;/h4-5H,2-3,7H2,1H3,(H,8,9);1H. The Morgan fingerprint density at radius 3 is 2.50 bits per heavy atom. The minimum Gasteiger partial charge on any atom is -0.352 e. The van der Waals surface area contributed by atoms with Gasteiger partial charge < -0.3 is 11.1 Å². The molecule has 1 aliphatic rings. The van der Waals surface area contributed by atoms with E-state index in [9.17, 15) is 4.79 Å². The van der Waals surface area contributed by atoms with Gasteiger partial charge in [-0.1, -0.05) is 0 Å². The molecular formula is C6H13ClN2O. The lowest BCUT2D eigenvalue weighted by Gasteiger charge is -2.04. The van der Waals surface area contributed by atoms with Crippen LogP contribution in [-0.2, 0) is 4.79 Å². The molecule has 0 saturated heterocycles. The number of rotatable bonds is 2. The first kappa shape index (κ1) is 9.72. The van der Waals surface area contributed by atoms with Crippen molar-refractivity contribution in [2.45, 2.75) is 31.8 Å². The molecule has 0 aliphatic heterocycles. The predicted octanol–water partition coefficient (Wildman–Crippen LogP) is 0.0340. The maximum atomic E-state index is 10.8. The van der Waals surface area contributed by atoms with Gasteiger partial charge in [-0.2, -0.15) is 0 Å². The predicted molar refractivity (Wildman–Crippen MR) is 42.1 cm³/mol. The average Bonchev–Trinajstić information content (AvgIpc) is 2.50. The van der Waals surface area contributed by atoms with Crippen molar-refractivity contribution >= 4 is 18.3 Å². The minimum absolute atomic E-state index is 0. The summed E-state index contributed by atoms with van der Waals surface area (Å²) < 4.78 is 0. The number of carbonyl (C=O) groups excluding carboxylic acids is 1. The fourth-order valence-electron chi connectivity index (χ4n) is 0.560. The zero-order valence-electron chi connectivity index (χ0n) is 5.96. The number of amides is 1. The highest BCUT2D eigenvalue weighted by molar-refractivity contribution is 5.85. The summed E-state index contributed by atoms with van der Waals surface area (Å²) >= 11 is 0. The quantitative estimate of drug-likeness (QED) is 0.606. The topological polar surface area (TPSA) is 55.1 Å². The monoisotopic (exact) mass is 164 g/mol. The van der Waals surface area contributed by atoms with E-state index in [1.165, 1.54) is 0 Å². The molecule has 3 nitrogen and oxygen atoms in total. The highest BCUT2D eigenvalue weighted by Crippen LogP contribution is 2.18. The first-order chi connectivity index (χ1) is 4.20. The summed E-state index contributed by atoms with van der Waals surface area (Å²) in [6, 6.07) is 0.0779. The molecule has 1 saturated carbocycles. The number of hydrogen-bond donors (Lipinski definition) is 2. The van der Waals surface area contributed by atoms with Gasteiger partial charge in [0.15, 0.2) is 0 Å². The highest BCUT2D eigenvalue weighted by Gasteiger charge is 2.24. The molecule has 1 amide bonds. The lowest BCUT2D eigenvalue weighted by molar-refractivity contribution is -0.122. The van der Waals surface area contributed by atoms with Crippen LogP contribution in [0, 0.1) is 0 Å². The molecular weight excluding hydrogens is 152 g/mol. The highest BCUT2D eigenvalue weighted by atomic mass is 35.5. The molecule has 1 aliphatic carbocycles. The van der Waals surface area contributed by atoms with E-state index in [4.69, 9.17) is 5.73 Å². The molecule has 1 atom stereocenters. The molecule has 0 aromatic carbocycles. The number of nitrogens with one attached hydrogen (secondary N) is 1. The summed E-state index contributed by atoms with van der Waals surface area (Å²) in [5.41, 5.74) is 5.30. The average molecular weight is 165 g/mol. The third-order valence-corrected chi connectivity index (χ3v) is 1.34. The van der Waals surface area contributed by atoms with Gasteiger partial charge in [0.05, 0.1) is 6.04 Å². The summed E-state index contributed by atoms with van der Waals surface area (Å²) in [6.45, 7) is 1.69. The van der Waals surface area contributed by atoms with Crippen LogP contribution in [0.5, 0.6) is 0 Å². The van der Waals surface area contributed by atoms with Crippen LogP contribution in [0.3, 0.4) is 0 Å².